The first-order valence-electron chi connectivity index (χ1n) is 6.70. The molecule has 0 saturated carbocycles. The highest BCUT2D eigenvalue weighted by molar-refractivity contribution is 7.91. The molecule has 0 aromatic rings. The summed E-state index contributed by atoms with van der Waals surface area (Å²) in [6, 6.07) is 1.17. The van der Waals surface area contributed by atoms with Gasteiger partial charge in [0.15, 0.2) is 9.84 Å². The van der Waals surface area contributed by atoms with Gasteiger partial charge in [-0.3, -0.25) is 4.90 Å². The molecule has 3 heterocycles. The average Bonchev–Trinajstić information content (AvgIpc) is 2.85. The molecule has 5 heteroatoms. The lowest BCUT2D eigenvalue weighted by atomic mass is 9.97. The van der Waals surface area contributed by atoms with Gasteiger partial charge in [0.25, 0.3) is 0 Å². The summed E-state index contributed by atoms with van der Waals surface area (Å²) >= 11 is 0. The average molecular weight is 258 g/mol. The third-order valence-electron chi connectivity index (χ3n) is 4.64. The van der Waals surface area contributed by atoms with Crippen LogP contribution in [-0.2, 0) is 9.84 Å². The van der Waals surface area contributed by atoms with E-state index in [1.807, 2.05) is 0 Å². The van der Waals surface area contributed by atoms with Crippen molar-refractivity contribution in [2.45, 2.75) is 50.2 Å². The highest BCUT2D eigenvalue weighted by atomic mass is 32.2. The summed E-state index contributed by atoms with van der Waals surface area (Å²) in [5.74, 6) is 0.681. The summed E-state index contributed by atoms with van der Waals surface area (Å²) < 4.78 is 23.2. The van der Waals surface area contributed by atoms with Crippen LogP contribution in [0.25, 0.3) is 0 Å². The lowest BCUT2D eigenvalue weighted by Crippen LogP contribution is -2.52. The van der Waals surface area contributed by atoms with Crippen LogP contribution >= 0.6 is 0 Å². The Kier molecular flexibility index (Phi) is 2.76. The third kappa shape index (κ3) is 2.25. The summed E-state index contributed by atoms with van der Waals surface area (Å²) in [7, 11) is -2.79. The maximum Gasteiger partial charge on any atom is 0.152 e. The Morgan fingerprint density at radius 3 is 2.82 bits per heavy atom. The van der Waals surface area contributed by atoms with Gasteiger partial charge in [0, 0.05) is 24.2 Å². The van der Waals surface area contributed by atoms with Crippen molar-refractivity contribution in [3.63, 3.8) is 0 Å². The van der Waals surface area contributed by atoms with Gasteiger partial charge in [-0.05, 0) is 39.2 Å². The summed E-state index contributed by atoms with van der Waals surface area (Å²) in [6.07, 6.45) is 4.54. The first-order chi connectivity index (χ1) is 7.98. The third-order valence-corrected chi connectivity index (χ3v) is 6.55. The van der Waals surface area contributed by atoms with Crippen LogP contribution in [0.1, 0.15) is 32.6 Å². The molecule has 3 fully saturated rings. The fourth-order valence-corrected chi connectivity index (χ4v) is 5.93. The van der Waals surface area contributed by atoms with E-state index in [0.717, 1.165) is 6.42 Å². The molecule has 1 N–H and O–H groups in total. The van der Waals surface area contributed by atoms with E-state index in [2.05, 4.69) is 17.1 Å². The number of nitrogens with one attached hydrogen (secondary N) is 1. The molecule has 98 valence electrons. The van der Waals surface area contributed by atoms with E-state index < -0.39 is 9.84 Å². The van der Waals surface area contributed by atoms with E-state index in [4.69, 9.17) is 0 Å². The second-order valence-corrected chi connectivity index (χ2v) is 8.37. The second-order valence-electron chi connectivity index (χ2n) is 6.19. The molecule has 0 aromatic heterocycles. The van der Waals surface area contributed by atoms with E-state index in [-0.39, 0.29) is 5.54 Å². The summed E-state index contributed by atoms with van der Waals surface area (Å²) in [5, 5.41) is 3.66. The van der Waals surface area contributed by atoms with Gasteiger partial charge in [-0.15, -0.1) is 0 Å². The van der Waals surface area contributed by atoms with Crippen LogP contribution in [0.4, 0.5) is 0 Å². The molecule has 3 saturated heterocycles. The van der Waals surface area contributed by atoms with Crippen LogP contribution in [0, 0.1) is 0 Å². The number of hydrogen-bond acceptors (Lipinski definition) is 4. The van der Waals surface area contributed by atoms with Gasteiger partial charge in [-0.1, -0.05) is 0 Å². The fourth-order valence-electron chi connectivity index (χ4n) is 3.82. The Morgan fingerprint density at radius 2 is 2.12 bits per heavy atom. The van der Waals surface area contributed by atoms with E-state index in [1.54, 1.807) is 0 Å². The lowest BCUT2D eigenvalue weighted by Gasteiger charge is -2.31. The number of fused-ring (bicyclic) bond motifs is 1. The van der Waals surface area contributed by atoms with Crippen molar-refractivity contribution in [3.05, 3.63) is 0 Å². The fraction of sp³-hybridized carbons (Fsp3) is 1.00. The molecule has 3 unspecified atom stereocenters. The number of nitrogens with zero attached hydrogens (tertiary/aromatic N) is 1. The SMILES string of the molecule is CC1(NC2CCN3CCCC23)CCS(=O)(=O)C1. The zero-order chi connectivity index (χ0) is 12.1. The van der Waals surface area contributed by atoms with Gasteiger partial charge in [0.2, 0.25) is 0 Å². The van der Waals surface area contributed by atoms with Crippen LogP contribution in [0.3, 0.4) is 0 Å². The molecule has 0 amide bonds. The van der Waals surface area contributed by atoms with Gasteiger partial charge in [-0.2, -0.15) is 0 Å². The number of rotatable bonds is 2. The topological polar surface area (TPSA) is 49.4 Å². The van der Waals surface area contributed by atoms with E-state index in [0.29, 0.717) is 23.6 Å². The first kappa shape index (κ1) is 11.9. The maximum atomic E-state index is 11.6. The minimum atomic E-state index is -2.79. The molecule has 3 rings (SSSR count). The molecule has 3 aliphatic rings. The van der Waals surface area contributed by atoms with Crippen molar-refractivity contribution in [1.82, 2.24) is 10.2 Å². The Labute approximate surface area is 104 Å². The smallest absolute Gasteiger partial charge is 0.152 e. The van der Waals surface area contributed by atoms with Crippen molar-refractivity contribution in [1.29, 1.82) is 0 Å². The normalized spacial score (nSPS) is 45.2. The molecule has 3 aliphatic heterocycles. The molecule has 3 atom stereocenters. The lowest BCUT2D eigenvalue weighted by molar-refractivity contribution is 0.264. The minimum Gasteiger partial charge on any atom is -0.306 e. The van der Waals surface area contributed by atoms with Crippen LogP contribution in [0.15, 0.2) is 0 Å². The minimum absolute atomic E-state index is 0.178. The molecule has 0 aromatic carbocycles. The van der Waals surface area contributed by atoms with Gasteiger partial charge in [0.05, 0.1) is 11.5 Å². The summed E-state index contributed by atoms with van der Waals surface area (Å²) in [6.45, 7) is 4.50. The van der Waals surface area contributed by atoms with Crippen LogP contribution in [0.2, 0.25) is 0 Å². The zero-order valence-electron chi connectivity index (χ0n) is 10.5. The van der Waals surface area contributed by atoms with Crippen LogP contribution in [-0.4, -0.2) is 55.5 Å². The van der Waals surface area contributed by atoms with Crippen molar-refractivity contribution in [3.8, 4) is 0 Å². The highest BCUT2D eigenvalue weighted by Gasteiger charge is 2.44. The molecular weight excluding hydrogens is 236 g/mol. The predicted molar refractivity (Wildman–Crippen MR) is 67.8 cm³/mol. The van der Waals surface area contributed by atoms with E-state index >= 15 is 0 Å². The van der Waals surface area contributed by atoms with Gasteiger partial charge in [-0.25, -0.2) is 8.42 Å². The van der Waals surface area contributed by atoms with E-state index in [9.17, 15) is 8.42 Å². The maximum absolute atomic E-state index is 11.6. The monoisotopic (exact) mass is 258 g/mol. The number of sulfone groups is 1. The van der Waals surface area contributed by atoms with Crippen molar-refractivity contribution < 1.29 is 8.42 Å². The second kappa shape index (κ2) is 3.93. The standard InChI is InChI=1S/C12H22N2O2S/c1-12(5-8-17(15,16)9-12)13-10-4-7-14-6-2-3-11(10)14/h10-11,13H,2-9H2,1H3. The Morgan fingerprint density at radius 1 is 1.29 bits per heavy atom. The summed E-state index contributed by atoms with van der Waals surface area (Å²) in [4.78, 5) is 2.56. The quantitative estimate of drug-likeness (QED) is 0.778. The predicted octanol–water partition coefficient (Wildman–Crippen LogP) is 0.390. The molecule has 17 heavy (non-hydrogen) atoms. The highest BCUT2D eigenvalue weighted by Crippen LogP contribution is 2.31. The Balaban J connectivity index is 1.67. The molecule has 0 radical (unpaired) electrons. The number of hydrogen-bond donors (Lipinski definition) is 1. The van der Waals surface area contributed by atoms with Crippen molar-refractivity contribution >= 4 is 9.84 Å². The van der Waals surface area contributed by atoms with Crippen LogP contribution < -0.4 is 5.32 Å². The van der Waals surface area contributed by atoms with Crippen molar-refractivity contribution in [2.75, 3.05) is 24.6 Å². The molecule has 4 nitrogen and oxygen atoms in total. The molecule has 0 spiro atoms. The van der Waals surface area contributed by atoms with Gasteiger partial charge < -0.3 is 5.32 Å². The van der Waals surface area contributed by atoms with Gasteiger partial charge >= 0.3 is 0 Å². The molecule has 0 bridgehead atoms. The first-order valence-corrected chi connectivity index (χ1v) is 8.52. The van der Waals surface area contributed by atoms with Crippen molar-refractivity contribution in [2.24, 2.45) is 0 Å². The van der Waals surface area contributed by atoms with E-state index in [1.165, 1.54) is 32.4 Å². The Bertz CT molecular complexity index is 409. The van der Waals surface area contributed by atoms with Crippen LogP contribution in [0.5, 0.6) is 0 Å². The summed E-state index contributed by atoms with van der Waals surface area (Å²) in [5.41, 5.74) is -0.178. The largest absolute Gasteiger partial charge is 0.306 e. The Hall–Kier alpha value is -0.130. The molecular formula is C12H22N2O2S. The van der Waals surface area contributed by atoms with Gasteiger partial charge in [0.1, 0.15) is 0 Å². The molecule has 0 aliphatic carbocycles. The zero-order valence-corrected chi connectivity index (χ0v) is 11.3.